The van der Waals surface area contributed by atoms with Gasteiger partial charge in [0.2, 0.25) is 5.95 Å². The number of aromatic nitrogens is 2. The van der Waals surface area contributed by atoms with Gasteiger partial charge in [0, 0.05) is 23.5 Å². The van der Waals surface area contributed by atoms with Crippen molar-refractivity contribution in [1.82, 2.24) is 15.3 Å². The van der Waals surface area contributed by atoms with E-state index in [4.69, 9.17) is 16.9 Å². The number of nitrogens with zero attached hydrogens (tertiary/aromatic N) is 3. The molecule has 0 radical (unpaired) electrons. The van der Waals surface area contributed by atoms with Gasteiger partial charge in [0.25, 0.3) is 5.91 Å². The molecule has 0 saturated heterocycles. The lowest BCUT2D eigenvalue weighted by Crippen LogP contribution is -2.24. The van der Waals surface area contributed by atoms with E-state index < -0.39 is 0 Å². The van der Waals surface area contributed by atoms with Gasteiger partial charge >= 0.3 is 0 Å². The van der Waals surface area contributed by atoms with Crippen molar-refractivity contribution in [3.8, 4) is 6.07 Å². The van der Waals surface area contributed by atoms with Crippen molar-refractivity contribution in [3.05, 3.63) is 82.6 Å². The number of nitrogens with one attached hydrogen (secondary N) is 2. The number of nitriles is 1. The van der Waals surface area contributed by atoms with Crippen molar-refractivity contribution >= 4 is 29.1 Å². The highest BCUT2D eigenvalue weighted by Crippen LogP contribution is 2.14. The van der Waals surface area contributed by atoms with Crippen molar-refractivity contribution in [2.24, 2.45) is 0 Å². The lowest BCUT2D eigenvalue weighted by atomic mass is 10.2. The summed E-state index contributed by atoms with van der Waals surface area (Å²) in [4.78, 5) is 20.6. The van der Waals surface area contributed by atoms with Crippen molar-refractivity contribution in [3.63, 3.8) is 0 Å². The quantitative estimate of drug-likeness (QED) is 0.721. The van der Waals surface area contributed by atoms with Gasteiger partial charge < -0.3 is 10.6 Å². The first-order valence-electron chi connectivity index (χ1n) is 7.77. The molecule has 0 aliphatic carbocycles. The second-order valence-electron chi connectivity index (χ2n) is 5.39. The molecule has 0 unspecified atom stereocenters. The van der Waals surface area contributed by atoms with E-state index in [2.05, 4.69) is 26.7 Å². The Labute approximate surface area is 155 Å². The van der Waals surface area contributed by atoms with E-state index in [0.717, 1.165) is 5.56 Å². The van der Waals surface area contributed by atoms with E-state index in [9.17, 15) is 4.79 Å². The van der Waals surface area contributed by atoms with Crippen LogP contribution in [0.4, 0.5) is 11.6 Å². The number of hydrogen-bond donors (Lipinski definition) is 2. The number of benzene rings is 2. The first-order chi connectivity index (χ1) is 12.6. The smallest absolute Gasteiger partial charge is 0.270 e. The second-order valence-corrected chi connectivity index (χ2v) is 5.83. The zero-order chi connectivity index (χ0) is 18.4. The first kappa shape index (κ1) is 17.4. The molecule has 7 heteroatoms. The molecule has 0 aliphatic heterocycles. The van der Waals surface area contributed by atoms with Crippen molar-refractivity contribution in [1.29, 1.82) is 5.26 Å². The van der Waals surface area contributed by atoms with Crippen LogP contribution in [0.1, 0.15) is 21.6 Å². The molecule has 2 N–H and O–H groups in total. The van der Waals surface area contributed by atoms with Crippen LogP contribution >= 0.6 is 11.6 Å². The van der Waals surface area contributed by atoms with Crippen LogP contribution < -0.4 is 10.6 Å². The maximum absolute atomic E-state index is 12.3. The first-order valence-corrected chi connectivity index (χ1v) is 8.15. The van der Waals surface area contributed by atoms with Gasteiger partial charge in [0.1, 0.15) is 5.69 Å². The zero-order valence-electron chi connectivity index (χ0n) is 13.6. The molecule has 3 aromatic rings. The lowest BCUT2D eigenvalue weighted by Gasteiger charge is -2.08. The van der Waals surface area contributed by atoms with Gasteiger partial charge in [-0.15, -0.1) is 0 Å². The van der Waals surface area contributed by atoms with Crippen LogP contribution in [0, 0.1) is 11.3 Å². The predicted octanol–water partition coefficient (Wildman–Crippen LogP) is 3.68. The van der Waals surface area contributed by atoms with E-state index in [-0.39, 0.29) is 17.5 Å². The van der Waals surface area contributed by atoms with E-state index >= 15 is 0 Å². The Morgan fingerprint density at radius 1 is 1.15 bits per heavy atom. The largest absolute Gasteiger partial charge is 0.347 e. The summed E-state index contributed by atoms with van der Waals surface area (Å²) < 4.78 is 0. The van der Waals surface area contributed by atoms with Crippen LogP contribution in [0.25, 0.3) is 0 Å². The fourth-order valence-electron chi connectivity index (χ4n) is 2.22. The van der Waals surface area contributed by atoms with Gasteiger partial charge in [-0.25, -0.2) is 9.97 Å². The van der Waals surface area contributed by atoms with Gasteiger partial charge in [-0.1, -0.05) is 29.8 Å². The maximum atomic E-state index is 12.3. The molecule has 1 amide bonds. The topological polar surface area (TPSA) is 90.7 Å². The molecule has 1 aromatic heterocycles. The molecule has 6 nitrogen and oxygen atoms in total. The zero-order valence-corrected chi connectivity index (χ0v) is 14.4. The van der Waals surface area contributed by atoms with Crippen LogP contribution in [-0.2, 0) is 6.54 Å². The summed E-state index contributed by atoms with van der Waals surface area (Å²) in [6.07, 6.45) is 1.50. The summed E-state index contributed by atoms with van der Waals surface area (Å²) in [5.74, 6) is -0.0320. The number of carbonyl (C=O) groups excluding carboxylic acids is 1. The Morgan fingerprint density at radius 3 is 2.73 bits per heavy atom. The van der Waals surface area contributed by atoms with Gasteiger partial charge in [-0.05, 0) is 42.0 Å². The Bertz CT molecular complexity index is 966. The van der Waals surface area contributed by atoms with E-state index in [1.807, 2.05) is 12.1 Å². The maximum Gasteiger partial charge on any atom is 0.270 e. The van der Waals surface area contributed by atoms with Crippen LogP contribution in [-0.4, -0.2) is 15.9 Å². The summed E-state index contributed by atoms with van der Waals surface area (Å²) >= 11 is 5.84. The Morgan fingerprint density at radius 2 is 1.96 bits per heavy atom. The van der Waals surface area contributed by atoms with Crippen LogP contribution in [0.2, 0.25) is 5.02 Å². The number of anilines is 2. The predicted molar refractivity (Wildman–Crippen MR) is 99.1 cm³/mol. The van der Waals surface area contributed by atoms with Crippen molar-refractivity contribution in [2.45, 2.75) is 6.54 Å². The summed E-state index contributed by atoms with van der Waals surface area (Å²) in [5.41, 5.74) is 2.37. The molecule has 0 fully saturated rings. The van der Waals surface area contributed by atoms with Gasteiger partial charge in [-0.3, -0.25) is 4.79 Å². The average Bonchev–Trinajstić information content (AvgIpc) is 2.67. The molecule has 1 heterocycles. The molecule has 3 rings (SSSR count). The minimum Gasteiger partial charge on any atom is -0.347 e. The fraction of sp³-hybridized carbons (Fsp3) is 0.0526. The Kier molecular flexibility index (Phi) is 5.42. The molecular formula is C19H14ClN5O. The standard InChI is InChI=1S/C19H14ClN5O/c20-15-6-4-13(5-7-15)12-23-18(26)17-8-9-22-19(25-17)24-16-3-1-2-14(10-16)11-21/h1-10H,12H2,(H,23,26)(H,22,24,25). The van der Waals surface area contributed by atoms with Crippen molar-refractivity contribution in [2.75, 3.05) is 5.32 Å². The Balaban J connectivity index is 1.67. The third-order valence-electron chi connectivity index (χ3n) is 3.50. The molecular weight excluding hydrogens is 350 g/mol. The summed E-state index contributed by atoms with van der Waals surface area (Å²) in [6.45, 7) is 0.368. The van der Waals surface area contributed by atoms with Gasteiger partial charge in [-0.2, -0.15) is 5.26 Å². The summed E-state index contributed by atoms with van der Waals surface area (Å²) in [7, 11) is 0. The van der Waals surface area contributed by atoms with E-state index in [1.54, 1.807) is 36.4 Å². The Hall–Kier alpha value is -3.43. The second kappa shape index (κ2) is 8.10. The molecule has 128 valence electrons. The number of amides is 1. The monoisotopic (exact) mass is 363 g/mol. The number of halogens is 1. The molecule has 0 spiro atoms. The van der Waals surface area contributed by atoms with Gasteiger partial charge in [0.05, 0.1) is 11.6 Å². The van der Waals surface area contributed by atoms with Crippen LogP contribution in [0.15, 0.2) is 60.8 Å². The normalized spacial score (nSPS) is 10.0. The highest BCUT2D eigenvalue weighted by Gasteiger charge is 2.09. The highest BCUT2D eigenvalue weighted by atomic mass is 35.5. The van der Waals surface area contributed by atoms with Crippen LogP contribution in [0.3, 0.4) is 0 Å². The van der Waals surface area contributed by atoms with Crippen molar-refractivity contribution < 1.29 is 4.79 Å². The number of hydrogen-bond acceptors (Lipinski definition) is 5. The average molecular weight is 364 g/mol. The van der Waals surface area contributed by atoms with E-state index in [0.29, 0.717) is 22.8 Å². The lowest BCUT2D eigenvalue weighted by molar-refractivity contribution is 0.0946. The molecule has 0 bridgehead atoms. The number of carbonyl (C=O) groups is 1. The molecule has 0 atom stereocenters. The van der Waals surface area contributed by atoms with Gasteiger partial charge in [0.15, 0.2) is 0 Å². The summed E-state index contributed by atoms with van der Waals surface area (Å²) in [5, 5.41) is 15.4. The number of rotatable bonds is 5. The third kappa shape index (κ3) is 4.56. The minimum atomic E-state index is -0.309. The van der Waals surface area contributed by atoms with E-state index in [1.165, 1.54) is 12.3 Å². The molecule has 0 saturated carbocycles. The minimum absolute atomic E-state index is 0.243. The highest BCUT2D eigenvalue weighted by molar-refractivity contribution is 6.30. The molecule has 0 aliphatic rings. The van der Waals surface area contributed by atoms with Crippen LogP contribution in [0.5, 0.6) is 0 Å². The third-order valence-corrected chi connectivity index (χ3v) is 3.75. The SMILES string of the molecule is N#Cc1cccc(Nc2nccc(C(=O)NCc3ccc(Cl)cc3)n2)c1. The molecule has 2 aromatic carbocycles. The molecule has 26 heavy (non-hydrogen) atoms. The fourth-order valence-corrected chi connectivity index (χ4v) is 2.34. The summed E-state index contributed by atoms with van der Waals surface area (Å²) in [6, 6.07) is 17.7.